The van der Waals surface area contributed by atoms with Crippen LogP contribution in [0.3, 0.4) is 0 Å². The van der Waals surface area contributed by atoms with E-state index < -0.39 is 0 Å². The topological polar surface area (TPSA) is 9.23 Å². The molecule has 0 heterocycles. The first kappa shape index (κ1) is 20.0. The van der Waals surface area contributed by atoms with Crippen molar-refractivity contribution in [2.75, 3.05) is 6.61 Å². The van der Waals surface area contributed by atoms with Crippen molar-refractivity contribution in [1.29, 1.82) is 0 Å². The molecule has 1 unspecified atom stereocenters. The number of hydrogen-bond acceptors (Lipinski definition) is 1. The van der Waals surface area contributed by atoms with Crippen molar-refractivity contribution in [2.45, 2.75) is 71.1 Å². The molecule has 0 saturated carbocycles. The monoisotopic (exact) mass is 386 g/mol. The molecule has 3 aromatic rings. The largest absolute Gasteiger partial charge is 0.494 e. The molecule has 0 amide bonds. The Hall–Kier alpha value is -2.28. The summed E-state index contributed by atoms with van der Waals surface area (Å²) in [5, 5.41) is 2.75. The summed E-state index contributed by atoms with van der Waals surface area (Å²) in [4.78, 5) is 0. The maximum Gasteiger partial charge on any atom is 0.119 e. The summed E-state index contributed by atoms with van der Waals surface area (Å²) in [6.45, 7) is 5.32. The molecule has 1 atom stereocenters. The van der Waals surface area contributed by atoms with Crippen molar-refractivity contribution >= 4 is 10.8 Å². The van der Waals surface area contributed by atoms with E-state index in [2.05, 4.69) is 68.4 Å². The normalized spacial score (nSPS) is 16.0. The van der Waals surface area contributed by atoms with Gasteiger partial charge in [-0.05, 0) is 83.2 Å². The maximum absolute atomic E-state index is 5.96. The van der Waals surface area contributed by atoms with Crippen LogP contribution in [0.2, 0.25) is 0 Å². The molecule has 152 valence electrons. The summed E-state index contributed by atoms with van der Waals surface area (Å²) in [5.74, 6) is 1.67. The maximum atomic E-state index is 5.96. The molecule has 4 rings (SSSR count). The summed E-state index contributed by atoms with van der Waals surface area (Å²) in [6, 6.07) is 20.8. The Balaban J connectivity index is 1.45. The highest BCUT2D eigenvalue weighted by molar-refractivity contribution is 5.84. The molecule has 0 radical (unpaired) electrons. The quantitative estimate of drug-likeness (QED) is 0.362. The highest BCUT2D eigenvalue weighted by Crippen LogP contribution is 2.35. The second-order valence-electron chi connectivity index (χ2n) is 8.62. The average Bonchev–Trinajstić information content (AvgIpc) is 2.76. The molecular weight excluding hydrogens is 352 g/mol. The Morgan fingerprint density at radius 1 is 0.828 bits per heavy atom. The minimum Gasteiger partial charge on any atom is -0.494 e. The van der Waals surface area contributed by atoms with Gasteiger partial charge in [-0.25, -0.2) is 0 Å². The molecule has 0 fully saturated rings. The number of aryl methyl sites for hydroxylation is 2. The lowest BCUT2D eigenvalue weighted by Gasteiger charge is -2.26. The molecule has 0 saturated heterocycles. The van der Waals surface area contributed by atoms with Crippen LogP contribution in [0.25, 0.3) is 10.8 Å². The van der Waals surface area contributed by atoms with E-state index in [4.69, 9.17) is 4.74 Å². The number of hydrogen-bond donors (Lipinski definition) is 0. The van der Waals surface area contributed by atoms with Crippen LogP contribution >= 0.6 is 0 Å². The fraction of sp³-hybridized carbons (Fsp3) is 0.429. The van der Waals surface area contributed by atoms with Gasteiger partial charge in [0.15, 0.2) is 0 Å². The third-order valence-electron chi connectivity index (χ3n) is 6.36. The van der Waals surface area contributed by atoms with Crippen LogP contribution in [0.5, 0.6) is 5.75 Å². The Morgan fingerprint density at radius 3 is 2.55 bits per heavy atom. The van der Waals surface area contributed by atoms with Crippen molar-refractivity contribution in [3.63, 3.8) is 0 Å². The van der Waals surface area contributed by atoms with Crippen LogP contribution in [0.4, 0.5) is 0 Å². The van der Waals surface area contributed by atoms with E-state index >= 15 is 0 Å². The van der Waals surface area contributed by atoms with E-state index in [1.54, 1.807) is 0 Å². The lowest BCUT2D eigenvalue weighted by Crippen LogP contribution is -2.13. The number of rotatable bonds is 8. The second kappa shape index (κ2) is 9.48. The number of benzene rings is 3. The minimum absolute atomic E-state index is 0.624. The van der Waals surface area contributed by atoms with Crippen molar-refractivity contribution < 1.29 is 4.74 Å². The fourth-order valence-electron chi connectivity index (χ4n) is 4.66. The zero-order valence-corrected chi connectivity index (χ0v) is 18.0. The Labute approximate surface area is 176 Å². The molecule has 3 aromatic carbocycles. The molecule has 0 N–H and O–H groups in total. The first-order valence-corrected chi connectivity index (χ1v) is 11.5. The van der Waals surface area contributed by atoms with Crippen LogP contribution < -0.4 is 4.74 Å². The lowest BCUT2D eigenvalue weighted by molar-refractivity contribution is 0.305. The first-order chi connectivity index (χ1) is 14.3. The number of ether oxygens (including phenoxy) is 1. The predicted molar refractivity (Wildman–Crippen MR) is 124 cm³/mol. The van der Waals surface area contributed by atoms with E-state index in [1.165, 1.54) is 65.1 Å². The van der Waals surface area contributed by atoms with Crippen LogP contribution in [0, 0.1) is 0 Å². The van der Waals surface area contributed by atoms with E-state index in [1.807, 2.05) is 0 Å². The highest BCUT2D eigenvalue weighted by Gasteiger charge is 2.21. The van der Waals surface area contributed by atoms with Gasteiger partial charge < -0.3 is 4.74 Å². The Kier molecular flexibility index (Phi) is 6.54. The molecule has 0 bridgehead atoms. The van der Waals surface area contributed by atoms with Crippen molar-refractivity contribution in [3.05, 3.63) is 76.9 Å². The zero-order valence-electron chi connectivity index (χ0n) is 18.0. The van der Waals surface area contributed by atoms with E-state index in [9.17, 15) is 0 Å². The third kappa shape index (κ3) is 4.83. The molecule has 1 aliphatic rings. The second-order valence-corrected chi connectivity index (χ2v) is 8.62. The summed E-state index contributed by atoms with van der Waals surface area (Å²) < 4.78 is 5.96. The molecular formula is C28H34O. The Morgan fingerprint density at radius 2 is 1.69 bits per heavy atom. The number of fused-ring (bicyclic) bond motifs is 2. The van der Waals surface area contributed by atoms with Crippen molar-refractivity contribution in [1.82, 2.24) is 0 Å². The van der Waals surface area contributed by atoms with E-state index in [0.29, 0.717) is 5.92 Å². The van der Waals surface area contributed by atoms with Gasteiger partial charge in [0.05, 0.1) is 6.61 Å². The molecule has 1 nitrogen and oxygen atoms in total. The molecule has 29 heavy (non-hydrogen) atoms. The molecule has 1 aliphatic carbocycles. The van der Waals surface area contributed by atoms with Crippen LogP contribution in [0.15, 0.2) is 54.6 Å². The molecule has 0 aliphatic heterocycles. The zero-order chi connectivity index (χ0) is 20.1. The van der Waals surface area contributed by atoms with Gasteiger partial charge in [0.1, 0.15) is 5.75 Å². The summed E-state index contributed by atoms with van der Waals surface area (Å²) >= 11 is 0. The first-order valence-electron chi connectivity index (χ1n) is 11.5. The smallest absolute Gasteiger partial charge is 0.119 e. The van der Waals surface area contributed by atoms with Crippen molar-refractivity contribution in [3.8, 4) is 5.75 Å². The van der Waals surface area contributed by atoms with Crippen LogP contribution in [-0.2, 0) is 19.3 Å². The van der Waals surface area contributed by atoms with E-state index in [0.717, 1.165) is 31.6 Å². The molecule has 0 aromatic heterocycles. The summed E-state index contributed by atoms with van der Waals surface area (Å²) in [5.41, 5.74) is 5.93. The Bertz CT molecular complexity index is 956. The van der Waals surface area contributed by atoms with Gasteiger partial charge in [0.2, 0.25) is 0 Å². The highest BCUT2D eigenvalue weighted by atomic mass is 16.5. The van der Waals surface area contributed by atoms with Gasteiger partial charge in [0.25, 0.3) is 0 Å². The van der Waals surface area contributed by atoms with Gasteiger partial charge >= 0.3 is 0 Å². The van der Waals surface area contributed by atoms with Gasteiger partial charge in [0, 0.05) is 0 Å². The SMILES string of the molecule is CCCCCOc1ccc2c(c1)CCC(c1ccc3cc(CCC)ccc3c1)C2. The van der Waals surface area contributed by atoms with Crippen molar-refractivity contribution in [2.24, 2.45) is 0 Å². The van der Waals surface area contributed by atoms with E-state index in [-0.39, 0.29) is 0 Å². The average molecular weight is 387 g/mol. The standard InChI is InChI=1S/C28H34O/c1-3-5-6-16-29-28-15-14-26-19-25(12-13-27(26)20-28)24-11-10-22-17-21(7-4-2)8-9-23(22)18-24/h8-11,14-15,17-18,20,25H,3-7,12-13,16,19H2,1-2H3. The number of unbranched alkanes of at least 4 members (excludes halogenated alkanes) is 2. The lowest BCUT2D eigenvalue weighted by atomic mass is 9.79. The van der Waals surface area contributed by atoms with Gasteiger partial charge in [-0.15, -0.1) is 0 Å². The van der Waals surface area contributed by atoms with Gasteiger partial charge in [-0.2, -0.15) is 0 Å². The van der Waals surface area contributed by atoms with Gasteiger partial charge in [-0.3, -0.25) is 0 Å². The van der Waals surface area contributed by atoms with Crippen LogP contribution in [0.1, 0.15) is 74.1 Å². The minimum atomic E-state index is 0.624. The molecule has 0 spiro atoms. The molecule has 1 heteroatoms. The fourth-order valence-corrected chi connectivity index (χ4v) is 4.66. The predicted octanol–water partition coefficient (Wildman–Crippen LogP) is 7.63. The van der Waals surface area contributed by atoms with Gasteiger partial charge in [-0.1, -0.05) is 75.6 Å². The third-order valence-corrected chi connectivity index (χ3v) is 6.36. The van der Waals surface area contributed by atoms with Crippen LogP contribution in [-0.4, -0.2) is 6.61 Å². The summed E-state index contributed by atoms with van der Waals surface area (Å²) in [6.07, 6.45) is 9.54. The summed E-state index contributed by atoms with van der Waals surface area (Å²) in [7, 11) is 0.